The molecule has 0 saturated carbocycles. The topological polar surface area (TPSA) is 71.8 Å². The zero-order chi connectivity index (χ0) is 15.4. The maximum absolute atomic E-state index is 12.2. The Hall–Kier alpha value is -1.82. The highest BCUT2D eigenvalue weighted by Gasteiger charge is 2.38. The number of methoxy groups -OCH3 is 1. The number of ether oxygens (including phenoxy) is 1. The van der Waals surface area contributed by atoms with E-state index in [0.717, 1.165) is 12.3 Å². The number of furan rings is 1. The number of carbonyl (C=O) groups is 2. The molecule has 0 aliphatic carbocycles. The van der Waals surface area contributed by atoms with Crippen LogP contribution in [0.2, 0.25) is 0 Å². The van der Waals surface area contributed by atoms with Crippen LogP contribution < -0.4 is 5.32 Å². The first-order chi connectivity index (χ1) is 10.0. The molecule has 2 rings (SSSR count). The van der Waals surface area contributed by atoms with E-state index in [4.69, 9.17) is 9.15 Å². The molecule has 1 saturated heterocycles. The van der Waals surface area contributed by atoms with Crippen molar-refractivity contribution in [3.05, 3.63) is 24.2 Å². The fourth-order valence-corrected chi connectivity index (χ4v) is 2.68. The minimum atomic E-state index is -0.280. The minimum absolute atomic E-state index is 0.0656. The maximum Gasteiger partial charge on any atom is 0.310 e. The van der Waals surface area contributed by atoms with Crippen molar-refractivity contribution in [2.45, 2.75) is 26.4 Å². The molecule has 21 heavy (non-hydrogen) atoms. The summed E-state index contributed by atoms with van der Waals surface area (Å²) in [6.07, 6.45) is 1.58. The maximum atomic E-state index is 12.2. The first kappa shape index (κ1) is 15.6. The predicted octanol–water partition coefficient (Wildman–Crippen LogP) is 1.03. The highest BCUT2D eigenvalue weighted by Crippen LogP contribution is 2.25. The first-order valence-electron chi connectivity index (χ1n) is 7.15. The fourth-order valence-electron chi connectivity index (χ4n) is 2.68. The third kappa shape index (κ3) is 3.64. The molecule has 1 aliphatic rings. The van der Waals surface area contributed by atoms with E-state index in [1.807, 2.05) is 24.8 Å². The standard InChI is InChI=1S/C15H22N2O4/c1-10-8-17(9-13(10)15(19)20-3)11(2)14(18)16-7-12-5-4-6-21-12/h4-6,10-11,13H,7-9H2,1-3H3,(H,16,18). The summed E-state index contributed by atoms with van der Waals surface area (Å²) in [7, 11) is 1.40. The van der Waals surface area contributed by atoms with Crippen molar-refractivity contribution < 1.29 is 18.7 Å². The summed E-state index contributed by atoms with van der Waals surface area (Å²) in [6, 6.07) is 3.32. The van der Waals surface area contributed by atoms with E-state index in [1.165, 1.54) is 7.11 Å². The van der Waals surface area contributed by atoms with E-state index in [0.29, 0.717) is 13.1 Å². The van der Waals surface area contributed by atoms with Crippen molar-refractivity contribution in [3.63, 3.8) is 0 Å². The largest absolute Gasteiger partial charge is 0.469 e. The summed E-state index contributed by atoms with van der Waals surface area (Å²) in [5.74, 6) is 0.489. The lowest BCUT2D eigenvalue weighted by Crippen LogP contribution is -2.44. The van der Waals surface area contributed by atoms with Gasteiger partial charge in [0.2, 0.25) is 5.91 Å². The van der Waals surface area contributed by atoms with Crippen LogP contribution in [0.3, 0.4) is 0 Å². The van der Waals surface area contributed by atoms with Crippen LogP contribution in [-0.4, -0.2) is 43.0 Å². The molecule has 3 unspecified atom stereocenters. The molecule has 6 heteroatoms. The van der Waals surface area contributed by atoms with Gasteiger partial charge in [-0.15, -0.1) is 0 Å². The Bertz CT molecular complexity index is 486. The SMILES string of the molecule is COC(=O)C1CN(C(C)C(=O)NCc2ccco2)CC1C. The number of hydrogen-bond acceptors (Lipinski definition) is 5. The molecule has 2 heterocycles. The molecular weight excluding hydrogens is 272 g/mol. The van der Waals surface area contributed by atoms with Crippen LogP contribution in [0.5, 0.6) is 0 Å². The normalized spacial score (nSPS) is 23.8. The van der Waals surface area contributed by atoms with Crippen LogP contribution in [0, 0.1) is 11.8 Å². The predicted molar refractivity (Wildman–Crippen MR) is 76.3 cm³/mol. The Morgan fingerprint density at radius 3 is 2.90 bits per heavy atom. The Labute approximate surface area is 124 Å². The zero-order valence-corrected chi connectivity index (χ0v) is 12.7. The van der Waals surface area contributed by atoms with Crippen LogP contribution >= 0.6 is 0 Å². The summed E-state index contributed by atoms with van der Waals surface area (Å²) >= 11 is 0. The average molecular weight is 294 g/mol. The molecule has 0 aromatic carbocycles. The molecule has 0 radical (unpaired) electrons. The molecule has 116 valence electrons. The second-order valence-electron chi connectivity index (χ2n) is 5.53. The van der Waals surface area contributed by atoms with Crippen molar-refractivity contribution >= 4 is 11.9 Å². The smallest absolute Gasteiger partial charge is 0.310 e. The van der Waals surface area contributed by atoms with Crippen molar-refractivity contribution in [1.29, 1.82) is 0 Å². The zero-order valence-electron chi connectivity index (χ0n) is 12.7. The van der Waals surface area contributed by atoms with Gasteiger partial charge in [-0.05, 0) is 25.0 Å². The number of hydrogen-bond donors (Lipinski definition) is 1. The number of nitrogens with one attached hydrogen (secondary N) is 1. The van der Waals surface area contributed by atoms with Gasteiger partial charge in [0.1, 0.15) is 5.76 Å². The van der Waals surface area contributed by atoms with E-state index >= 15 is 0 Å². The Morgan fingerprint density at radius 2 is 2.29 bits per heavy atom. The lowest BCUT2D eigenvalue weighted by atomic mass is 9.99. The van der Waals surface area contributed by atoms with Crippen LogP contribution in [0.25, 0.3) is 0 Å². The molecule has 1 aliphatic heterocycles. The van der Waals surface area contributed by atoms with E-state index in [-0.39, 0.29) is 29.8 Å². The van der Waals surface area contributed by atoms with E-state index in [2.05, 4.69) is 5.32 Å². The van der Waals surface area contributed by atoms with Gasteiger partial charge in [-0.25, -0.2) is 0 Å². The number of rotatable bonds is 5. The number of amides is 1. The monoisotopic (exact) mass is 294 g/mol. The summed E-state index contributed by atoms with van der Waals surface area (Å²) in [4.78, 5) is 25.9. The summed E-state index contributed by atoms with van der Waals surface area (Å²) in [6.45, 7) is 5.51. The minimum Gasteiger partial charge on any atom is -0.469 e. The van der Waals surface area contributed by atoms with Gasteiger partial charge in [0.15, 0.2) is 0 Å². The third-order valence-corrected chi connectivity index (χ3v) is 4.09. The van der Waals surface area contributed by atoms with Gasteiger partial charge in [0.25, 0.3) is 0 Å². The number of esters is 1. The van der Waals surface area contributed by atoms with Crippen LogP contribution in [-0.2, 0) is 20.9 Å². The van der Waals surface area contributed by atoms with E-state index in [1.54, 1.807) is 12.3 Å². The molecule has 1 aromatic heterocycles. The lowest BCUT2D eigenvalue weighted by molar-refractivity contribution is -0.146. The van der Waals surface area contributed by atoms with Crippen LogP contribution in [0.1, 0.15) is 19.6 Å². The molecule has 1 aromatic rings. The van der Waals surface area contributed by atoms with E-state index in [9.17, 15) is 9.59 Å². The van der Waals surface area contributed by atoms with Crippen molar-refractivity contribution in [1.82, 2.24) is 10.2 Å². The Balaban J connectivity index is 1.86. The highest BCUT2D eigenvalue weighted by atomic mass is 16.5. The number of carbonyl (C=O) groups excluding carboxylic acids is 2. The van der Waals surface area contributed by atoms with E-state index < -0.39 is 0 Å². The van der Waals surface area contributed by atoms with Gasteiger partial charge in [-0.1, -0.05) is 6.92 Å². The van der Waals surface area contributed by atoms with Gasteiger partial charge in [-0.3, -0.25) is 14.5 Å². The second-order valence-corrected chi connectivity index (χ2v) is 5.53. The van der Waals surface area contributed by atoms with Crippen molar-refractivity contribution in [3.8, 4) is 0 Å². The number of nitrogens with zero attached hydrogens (tertiary/aromatic N) is 1. The molecule has 0 spiro atoms. The lowest BCUT2D eigenvalue weighted by Gasteiger charge is -2.23. The number of likely N-dealkylation sites (tertiary alicyclic amines) is 1. The Kier molecular flexibility index (Phi) is 5.01. The molecule has 1 amide bonds. The molecule has 3 atom stereocenters. The van der Waals surface area contributed by atoms with Crippen LogP contribution in [0.15, 0.2) is 22.8 Å². The summed E-state index contributed by atoms with van der Waals surface area (Å²) in [5.41, 5.74) is 0. The van der Waals surface area contributed by atoms with Crippen molar-refractivity contribution in [2.24, 2.45) is 11.8 Å². The van der Waals surface area contributed by atoms with Crippen molar-refractivity contribution in [2.75, 3.05) is 20.2 Å². The molecule has 1 fully saturated rings. The van der Waals surface area contributed by atoms with Gasteiger partial charge in [-0.2, -0.15) is 0 Å². The summed E-state index contributed by atoms with van der Waals surface area (Å²) in [5, 5.41) is 2.84. The van der Waals surface area contributed by atoms with Gasteiger partial charge in [0.05, 0.1) is 31.9 Å². The quantitative estimate of drug-likeness (QED) is 0.821. The Morgan fingerprint density at radius 1 is 1.52 bits per heavy atom. The van der Waals surface area contributed by atoms with Gasteiger partial charge >= 0.3 is 5.97 Å². The molecular formula is C15H22N2O4. The molecule has 6 nitrogen and oxygen atoms in total. The average Bonchev–Trinajstić information content (AvgIpc) is 3.12. The summed E-state index contributed by atoms with van der Waals surface area (Å²) < 4.78 is 9.99. The molecule has 0 bridgehead atoms. The highest BCUT2D eigenvalue weighted by molar-refractivity contribution is 5.81. The van der Waals surface area contributed by atoms with Crippen LogP contribution in [0.4, 0.5) is 0 Å². The molecule has 1 N–H and O–H groups in total. The third-order valence-electron chi connectivity index (χ3n) is 4.09. The first-order valence-corrected chi connectivity index (χ1v) is 7.15. The van der Waals surface area contributed by atoms with Gasteiger partial charge < -0.3 is 14.5 Å². The second kappa shape index (κ2) is 6.76. The fraction of sp³-hybridized carbons (Fsp3) is 0.600. The van der Waals surface area contributed by atoms with Gasteiger partial charge in [0, 0.05) is 13.1 Å².